The summed E-state index contributed by atoms with van der Waals surface area (Å²) in [5, 5.41) is 49.4. The van der Waals surface area contributed by atoms with Gasteiger partial charge in [0, 0.05) is 39.3 Å². The summed E-state index contributed by atoms with van der Waals surface area (Å²) < 4.78 is 0. The fraction of sp³-hybridized carbons (Fsp3) is 0.895. The van der Waals surface area contributed by atoms with Crippen LogP contribution in [0, 0.1) is 0 Å². The van der Waals surface area contributed by atoms with Gasteiger partial charge in [0.15, 0.2) is 0 Å². The molecule has 0 spiro atoms. The molecule has 6 N–H and O–H groups in total. The second-order valence-corrected chi connectivity index (χ2v) is 6.07. The third-order valence-corrected chi connectivity index (χ3v) is 3.41. The maximum absolute atomic E-state index is 10.1. The van der Waals surface area contributed by atoms with E-state index in [2.05, 4.69) is 0 Å². The summed E-state index contributed by atoms with van der Waals surface area (Å²) in [7, 11) is 0. The molecule has 0 radical (unpaired) electrons. The van der Waals surface area contributed by atoms with Crippen LogP contribution in [-0.2, 0) is 9.59 Å². The average Bonchev–Trinajstić information content (AvgIpc) is 2.63. The second-order valence-electron chi connectivity index (χ2n) is 6.07. The van der Waals surface area contributed by atoms with Crippen LogP contribution in [0.1, 0.15) is 83.5 Å². The standard InChI is InChI=1S/C9H16O4.C6H14O2.C4H10O2/c10-8(11)6-4-2-1-3-5-7-9(12)13;7-5-3-1-2-4-6-8;5-3-1-2-4-6/h1-7H2,(H,10,11)(H,12,13);7-8H,1-6H2;5-6H,1-4H2. The Balaban J connectivity index is -0.000000351. The van der Waals surface area contributed by atoms with E-state index < -0.39 is 11.9 Å². The van der Waals surface area contributed by atoms with Gasteiger partial charge in [-0.2, -0.15) is 0 Å². The highest BCUT2D eigenvalue weighted by molar-refractivity contribution is 5.66. The fourth-order valence-electron chi connectivity index (χ4n) is 1.88. The summed E-state index contributed by atoms with van der Waals surface area (Å²) in [4.78, 5) is 20.2. The molecule has 0 amide bonds. The lowest BCUT2D eigenvalue weighted by Crippen LogP contribution is -1.95. The van der Waals surface area contributed by atoms with Gasteiger partial charge in [0.2, 0.25) is 0 Å². The Morgan fingerprint density at radius 1 is 0.407 bits per heavy atom. The number of aliphatic hydroxyl groups is 4. The first-order chi connectivity index (χ1) is 13.0. The number of carboxylic acids is 2. The van der Waals surface area contributed by atoms with Crippen molar-refractivity contribution in [1.82, 2.24) is 0 Å². The molecule has 0 atom stereocenters. The maximum Gasteiger partial charge on any atom is 0.303 e. The maximum atomic E-state index is 10.1. The van der Waals surface area contributed by atoms with Crippen molar-refractivity contribution >= 4 is 11.9 Å². The molecule has 0 saturated heterocycles. The molecular weight excluding hydrogens is 356 g/mol. The van der Waals surface area contributed by atoms with Crippen molar-refractivity contribution in [2.75, 3.05) is 26.4 Å². The summed E-state index contributed by atoms with van der Waals surface area (Å²) in [6, 6.07) is 0. The van der Waals surface area contributed by atoms with E-state index in [1.165, 1.54) is 0 Å². The number of carbonyl (C=O) groups is 2. The summed E-state index contributed by atoms with van der Waals surface area (Å²) in [5.41, 5.74) is 0. The lowest BCUT2D eigenvalue weighted by molar-refractivity contribution is -0.138. The van der Waals surface area contributed by atoms with Gasteiger partial charge < -0.3 is 30.6 Å². The van der Waals surface area contributed by atoms with Crippen molar-refractivity contribution < 1.29 is 40.2 Å². The van der Waals surface area contributed by atoms with Crippen molar-refractivity contribution in [3.05, 3.63) is 0 Å². The van der Waals surface area contributed by atoms with E-state index in [1.54, 1.807) is 0 Å². The SMILES string of the molecule is O=C(O)CCCCCCCC(=O)O.OCCCCCCO.OCCCCO. The number of aliphatic hydroxyl groups excluding tert-OH is 4. The second kappa shape index (κ2) is 29.5. The van der Waals surface area contributed by atoms with E-state index >= 15 is 0 Å². The zero-order valence-electron chi connectivity index (χ0n) is 16.5. The molecule has 0 saturated carbocycles. The predicted octanol–water partition coefficient (Wildman–Crippen LogP) is 2.17. The Hall–Kier alpha value is -1.22. The Kier molecular flexibility index (Phi) is 33.4. The molecule has 0 aromatic heterocycles. The highest BCUT2D eigenvalue weighted by Gasteiger charge is 1.98. The summed E-state index contributed by atoms with van der Waals surface area (Å²) in [5.74, 6) is -1.52. The van der Waals surface area contributed by atoms with Gasteiger partial charge in [-0.25, -0.2) is 0 Å². The van der Waals surface area contributed by atoms with E-state index in [1.807, 2.05) is 0 Å². The van der Waals surface area contributed by atoms with Gasteiger partial charge in [0.25, 0.3) is 0 Å². The number of unbranched alkanes of at least 4 members (excludes halogenated alkanes) is 8. The number of aliphatic carboxylic acids is 2. The van der Waals surface area contributed by atoms with Crippen LogP contribution in [-0.4, -0.2) is 69.0 Å². The van der Waals surface area contributed by atoms with Crippen molar-refractivity contribution in [2.24, 2.45) is 0 Å². The first-order valence-electron chi connectivity index (χ1n) is 9.83. The lowest BCUT2D eigenvalue weighted by Gasteiger charge is -1.97. The number of hydrogen-bond donors (Lipinski definition) is 6. The Labute approximate surface area is 162 Å². The summed E-state index contributed by atoms with van der Waals surface area (Å²) in [6.07, 6.45) is 9.79. The molecular formula is C19H40O8. The number of hydrogen-bond acceptors (Lipinski definition) is 6. The van der Waals surface area contributed by atoms with E-state index in [0.29, 0.717) is 12.8 Å². The lowest BCUT2D eigenvalue weighted by atomic mass is 10.1. The summed E-state index contributed by atoms with van der Waals surface area (Å²) in [6.45, 7) is 0.956. The van der Waals surface area contributed by atoms with Crippen LogP contribution in [0.3, 0.4) is 0 Å². The van der Waals surface area contributed by atoms with Crippen LogP contribution >= 0.6 is 0 Å². The number of rotatable bonds is 16. The molecule has 0 unspecified atom stereocenters. The van der Waals surface area contributed by atoms with Crippen molar-refractivity contribution in [3.8, 4) is 0 Å². The van der Waals surface area contributed by atoms with Gasteiger partial charge in [-0.15, -0.1) is 0 Å². The normalized spacial score (nSPS) is 9.63. The number of carboxylic acid groups (broad SMARTS) is 2. The molecule has 0 fully saturated rings. The van der Waals surface area contributed by atoms with Crippen molar-refractivity contribution in [2.45, 2.75) is 83.5 Å². The van der Waals surface area contributed by atoms with Crippen LogP contribution in [0.2, 0.25) is 0 Å². The van der Waals surface area contributed by atoms with E-state index in [-0.39, 0.29) is 39.3 Å². The molecule has 0 heterocycles. The topological polar surface area (TPSA) is 156 Å². The van der Waals surface area contributed by atoms with Crippen LogP contribution < -0.4 is 0 Å². The van der Waals surface area contributed by atoms with Crippen LogP contribution in [0.5, 0.6) is 0 Å². The first kappa shape index (κ1) is 30.5. The Morgan fingerprint density at radius 2 is 0.630 bits per heavy atom. The van der Waals surface area contributed by atoms with Crippen molar-refractivity contribution in [3.63, 3.8) is 0 Å². The van der Waals surface area contributed by atoms with Crippen LogP contribution in [0.4, 0.5) is 0 Å². The van der Waals surface area contributed by atoms with E-state index in [9.17, 15) is 9.59 Å². The van der Waals surface area contributed by atoms with Crippen LogP contribution in [0.15, 0.2) is 0 Å². The third kappa shape index (κ3) is 45.7. The highest BCUT2D eigenvalue weighted by Crippen LogP contribution is 2.06. The molecule has 0 aliphatic carbocycles. The molecule has 8 nitrogen and oxygen atoms in total. The fourth-order valence-corrected chi connectivity index (χ4v) is 1.88. The average molecular weight is 397 g/mol. The summed E-state index contributed by atoms with van der Waals surface area (Å²) >= 11 is 0. The Bertz CT molecular complexity index is 269. The molecule has 0 aliphatic rings. The van der Waals surface area contributed by atoms with Crippen LogP contribution in [0.25, 0.3) is 0 Å². The molecule has 0 bridgehead atoms. The minimum absolute atomic E-state index is 0.195. The highest BCUT2D eigenvalue weighted by atomic mass is 16.4. The molecule has 8 heteroatoms. The molecule has 0 aromatic carbocycles. The zero-order chi connectivity index (χ0) is 21.2. The molecule has 0 aliphatic heterocycles. The van der Waals surface area contributed by atoms with Gasteiger partial charge in [0.1, 0.15) is 0 Å². The quantitative estimate of drug-likeness (QED) is 0.217. The predicted molar refractivity (Wildman–Crippen MR) is 104 cm³/mol. The Morgan fingerprint density at radius 3 is 0.889 bits per heavy atom. The van der Waals surface area contributed by atoms with Crippen molar-refractivity contribution in [1.29, 1.82) is 0 Å². The van der Waals surface area contributed by atoms with Gasteiger partial charge in [-0.3, -0.25) is 9.59 Å². The molecule has 164 valence electrons. The van der Waals surface area contributed by atoms with E-state index in [4.69, 9.17) is 30.6 Å². The third-order valence-electron chi connectivity index (χ3n) is 3.41. The monoisotopic (exact) mass is 396 g/mol. The minimum Gasteiger partial charge on any atom is -0.481 e. The molecule has 0 aromatic rings. The minimum atomic E-state index is -0.759. The van der Waals surface area contributed by atoms with Gasteiger partial charge in [-0.1, -0.05) is 32.1 Å². The zero-order valence-corrected chi connectivity index (χ0v) is 16.5. The smallest absolute Gasteiger partial charge is 0.303 e. The van der Waals surface area contributed by atoms with Gasteiger partial charge >= 0.3 is 11.9 Å². The molecule has 27 heavy (non-hydrogen) atoms. The first-order valence-corrected chi connectivity index (χ1v) is 9.83. The van der Waals surface area contributed by atoms with Gasteiger partial charge in [0.05, 0.1) is 0 Å². The molecule has 0 rings (SSSR count). The largest absolute Gasteiger partial charge is 0.481 e. The van der Waals surface area contributed by atoms with Gasteiger partial charge in [-0.05, 0) is 38.5 Å². The van der Waals surface area contributed by atoms with E-state index in [0.717, 1.165) is 57.8 Å².